The van der Waals surface area contributed by atoms with Gasteiger partial charge in [0.25, 0.3) is 0 Å². The molecule has 1 saturated heterocycles. The highest BCUT2D eigenvalue weighted by Crippen LogP contribution is 2.30. The highest BCUT2D eigenvalue weighted by molar-refractivity contribution is 7.89. The van der Waals surface area contributed by atoms with Crippen LogP contribution in [0, 0.1) is 12.8 Å². The molecule has 21 heavy (non-hydrogen) atoms. The van der Waals surface area contributed by atoms with E-state index in [1.807, 2.05) is 6.20 Å². The molecule has 0 bridgehead atoms. The molecule has 0 spiro atoms. The van der Waals surface area contributed by atoms with Crippen molar-refractivity contribution in [1.82, 2.24) is 14.5 Å². The van der Waals surface area contributed by atoms with Crippen molar-refractivity contribution in [2.45, 2.75) is 57.1 Å². The Morgan fingerprint density at radius 1 is 1.29 bits per heavy atom. The summed E-state index contributed by atoms with van der Waals surface area (Å²) in [6.07, 6.45) is 8.65. The first-order valence-corrected chi connectivity index (χ1v) is 9.55. The molecule has 2 aliphatic rings. The Kier molecular flexibility index (Phi) is 4.36. The number of H-pyrrole nitrogens is 1. The minimum atomic E-state index is -3.08. The van der Waals surface area contributed by atoms with Crippen LogP contribution in [0.3, 0.4) is 0 Å². The summed E-state index contributed by atoms with van der Waals surface area (Å²) in [7, 11) is -3.08. The van der Waals surface area contributed by atoms with Crippen LogP contribution in [-0.2, 0) is 16.4 Å². The van der Waals surface area contributed by atoms with Crippen molar-refractivity contribution in [2.75, 3.05) is 13.1 Å². The zero-order chi connectivity index (χ0) is 14.9. The van der Waals surface area contributed by atoms with Gasteiger partial charge in [0.1, 0.15) is 0 Å². The lowest BCUT2D eigenvalue weighted by atomic mass is 9.94. The van der Waals surface area contributed by atoms with Crippen LogP contribution in [0.25, 0.3) is 0 Å². The Labute approximate surface area is 127 Å². The lowest BCUT2D eigenvalue weighted by Crippen LogP contribution is -2.44. The van der Waals surface area contributed by atoms with Gasteiger partial charge in [0.2, 0.25) is 10.0 Å². The van der Waals surface area contributed by atoms with Gasteiger partial charge in [0.15, 0.2) is 0 Å². The zero-order valence-electron chi connectivity index (χ0n) is 12.7. The summed E-state index contributed by atoms with van der Waals surface area (Å²) in [6.45, 7) is 3.43. The molecule has 1 atom stereocenters. The molecule has 0 aromatic carbocycles. The lowest BCUT2D eigenvalue weighted by molar-refractivity contribution is 0.261. The average Bonchev–Trinajstić information content (AvgIpc) is 3.12. The van der Waals surface area contributed by atoms with Gasteiger partial charge >= 0.3 is 0 Å². The Balaban J connectivity index is 1.66. The van der Waals surface area contributed by atoms with Crippen LogP contribution in [0.4, 0.5) is 0 Å². The summed E-state index contributed by atoms with van der Waals surface area (Å²) < 4.78 is 27.2. The van der Waals surface area contributed by atoms with E-state index in [4.69, 9.17) is 0 Å². The summed E-state index contributed by atoms with van der Waals surface area (Å²) in [5.74, 6) is 0.411. The molecular weight excluding hydrogens is 286 g/mol. The van der Waals surface area contributed by atoms with Gasteiger partial charge in [-0.05, 0) is 50.5 Å². The van der Waals surface area contributed by atoms with E-state index < -0.39 is 10.0 Å². The molecule has 0 amide bonds. The van der Waals surface area contributed by atoms with E-state index in [1.165, 1.54) is 5.56 Å². The van der Waals surface area contributed by atoms with E-state index in [9.17, 15) is 8.42 Å². The van der Waals surface area contributed by atoms with Crippen LogP contribution in [-0.4, -0.2) is 41.3 Å². The number of aryl methyl sites for hydroxylation is 1. The SMILES string of the molecule is Cc1cn[nH]c1CC1CCCN(S(=O)(=O)C2CCCC2)C1. The van der Waals surface area contributed by atoms with Crippen LogP contribution >= 0.6 is 0 Å². The third-order valence-corrected chi connectivity index (χ3v) is 7.36. The molecule has 3 rings (SSSR count). The molecule has 1 aliphatic carbocycles. The Morgan fingerprint density at radius 3 is 2.71 bits per heavy atom. The number of nitrogens with zero attached hydrogens (tertiary/aromatic N) is 2. The minimum Gasteiger partial charge on any atom is -0.282 e. The molecule has 1 aromatic rings. The third-order valence-electron chi connectivity index (χ3n) is 4.99. The van der Waals surface area contributed by atoms with Crippen molar-refractivity contribution >= 4 is 10.0 Å². The quantitative estimate of drug-likeness (QED) is 0.927. The number of aromatic nitrogens is 2. The molecule has 118 valence electrons. The number of hydrogen-bond donors (Lipinski definition) is 1. The smallest absolute Gasteiger partial charge is 0.216 e. The van der Waals surface area contributed by atoms with Gasteiger partial charge in [-0.2, -0.15) is 5.10 Å². The van der Waals surface area contributed by atoms with Gasteiger partial charge in [-0.3, -0.25) is 5.10 Å². The Morgan fingerprint density at radius 2 is 2.05 bits per heavy atom. The number of hydrogen-bond acceptors (Lipinski definition) is 3. The molecule has 1 saturated carbocycles. The molecule has 5 nitrogen and oxygen atoms in total. The molecular formula is C15H25N3O2S. The standard InChI is InChI=1S/C15H25N3O2S/c1-12-10-16-17-15(12)9-13-5-4-8-18(11-13)21(19,20)14-6-2-3-7-14/h10,13-14H,2-9,11H2,1H3,(H,16,17). The lowest BCUT2D eigenvalue weighted by Gasteiger charge is -2.33. The second-order valence-electron chi connectivity index (χ2n) is 6.55. The van der Waals surface area contributed by atoms with Crippen molar-refractivity contribution in [3.8, 4) is 0 Å². The molecule has 1 N–H and O–H groups in total. The van der Waals surface area contributed by atoms with Gasteiger partial charge in [-0.15, -0.1) is 0 Å². The minimum absolute atomic E-state index is 0.120. The topological polar surface area (TPSA) is 66.1 Å². The number of aromatic amines is 1. The monoisotopic (exact) mass is 311 g/mol. The van der Waals surface area contributed by atoms with Crippen LogP contribution in [0.1, 0.15) is 49.8 Å². The summed E-state index contributed by atoms with van der Waals surface area (Å²) in [6, 6.07) is 0. The summed E-state index contributed by atoms with van der Waals surface area (Å²) in [5.41, 5.74) is 2.32. The third kappa shape index (κ3) is 3.16. The molecule has 2 fully saturated rings. The van der Waals surface area contributed by atoms with E-state index in [0.717, 1.165) is 50.6 Å². The molecule has 1 unspecified atom stereocenters. The maximum Gasteiger partial charge on any atom is 0.216 e. The van der Waals surface area contributed by atoms with E-state index in [2.05, 4.69) is 17.1 Å². The van der Waals surface area contributed by atoms with E-state index in [-0.39, 0.29) is 5.25 Å². The predicted octanol–water partition coefficient (Wildman–Crippen LogP) is 2.25. The first kappa shape index (κ1) is 15.0. The van der Waals surface area contributed by atoms with Gasteiger partial charge in [-0.1, -0.05) is 12.8 Å². The fraction of sp³-hybridized carbons (Fsp3) is 0.800. The first-order chi connectivity index (χ1) is 10.1. The normalized spacial score (nSPS) is 25.5. The summed E-state index contributed by atoms with van der Waals surface area (Å²) in [4.78, 5) is 0. The number of sulfonamides is 1. The largest absolute Gasteiger partial charge is 0.282 e. The fourth-order valence-electron chi connectivity index (χ4n) is 3.69. The highest BCUT2D eigenvalue weighted by Gasteiger charge is 2.36. The van der Waals surface area contributed by atoms with E-state index >= 15 is 0 Å². The van der Waals surface area contributed by atoms with Crippen LogP contribution in [0.2, 0.25) is 0 Å². The fourth-order valence-corrected chi connectivity index (χ4v) is 5.84. The van der Waals surface area contributed by atoms with Gasteiger partial charge in [0.05, 0.1) is 11.4 Å². The van der Waals surface area contributed by atoms with Crippen molar-refractivity contribution in [3.05, 3.63) is 17.5 Å². The van der Waals surface area contributed by atoms with Crippen molar-refractivity contribution in [3.63, 3.8) is 0 Å². The Hall–Kier alpha value is -0.880. The van der Waals surface area contributed by atoms with Crippen LogP contribution < -0.4 is 0 Å². The highest BCUT2D eigenvalue weighted by atomic mass is 32.2. The zero-order valence-corrected chi connectivity index (χ0v) is 13.5. The van der Waals surface area contributed by atoms with E-state index in [1.54, 1.807) is 4.31 Å². The maximum atomic E-state index is 12.7. The molecule has 0 radical (unpaired) electrons. The Bertz CT molecular complexity index is 575. The molecule has 6 heteroatoms. The average molecular weight is 311 g/mol. The maximum absolute atomic E-state index is 12.7. The van der Waals surface area contributed by atoms with E-state index in [0.29, 0.717) is 19.0 Å². The second-order valence-corrected chi connectivity index (χ2v) is 8.77. The molecule has 2 heterocycles. The van der Waals surface area contributed by atoms with Gasteiger partial charge in [-0.25, -0.2) is 12.7 Å². The summed E-state index contributed by atoms with van der Waals surface area (Å²) >= 11 is 0. The van der Waals surface area contributed by atoms with Crippen molar-refractivity contribution < 1.29 is 8.42 Å². The van der Waals surface area contributed by atoms with Crippen LogP contribution in [0.15, 0.2) is 6.20 Å². The number of nitrogens with one attached hydrogen (secondary N) is 1. The summed E-state index contributed by atoms with van der Waals surface area (Å²) in [5, 5.41) is 6.98. The van der Waals surface area contributed by atoms with Crippen LogP contribution in [0.5, 0.6) is 0 Å². The molecule has 1 aliphatic heterocycles. The number of piperidine rings is 1. The van der Waals surface area contributed by atoms with Gasteiger partial charge < -0.3 is 0 Å². The van der Waals surface area contributed by atoms with Crippen molar-refractivity contribution in [2.24, 2.45) is 5.92 Å². The van der Waals surface area contributed by atoms with Gasteiger partial charge in [0, 0.05) is 18.8 Å². The first-order valence-electron chi connectivity index (χ1n) is 8.05. The number of rotatable bonds is 4. The second kappa shape index (κ2) is 6.08. The molecule has 1 aromatic heterocycles. The van der Waals surface area contributed by atoms with Crippen molar-refractivity contribution in [1.29, 1.82) is 0 Å². The predicted molar refractivity (Wildman–Crippen MR) is 82.5 cm³/mol.